The number of rotatable bonds is 1. The lowest BCUT2D eigenvalue weighted by Crippen LogP contribution is -2.36. The number of nitrogens with zero attached hydrogens (tertiary/aromatic N) is 1. The molecule has 2 aromatic rings. The summed E-state index contributed by atoms with van der Waals surface area (Å²) in [6.45, 7) is 1.28. The van der Waals surface area contributed by atoms with Gasteiger partial charge in [-0.15, -0.1) is 0 Å². The number of likely N-dealkylation sites (tertiary alicyclic amines) is 1. The second-order valence-corrected chi connectivity index (χ2v) is 4.87. The zero-order valence-electron chi connectivity index (χ0n) is 10.1. The molecule has 1 fully saturated rings. The van der Waals surface area contributed by atoms with E-state index in [0.717, 1.165) is 18.4 Å². The third-order valence-corrected chi connectivity index (χ3v) is 3.82. The van der Waals surface area contributed by atoms with Crippen LogP contribution in [0.4, 0.5) is 4.79 Å². The standard InChI is InChI=1S/C14H16N2O2/c17-14(18)16-7-4-10(5-8-16)12-2-1-11-3-6-15-13(11)9-12/h1-3,6,9-10,15H,4-5,7-8H2,(H,17,18). The molecule has 4 nitrogen and oxygen atoms in total. The van der Waals surface area contributed by atoms with Crippen LogP contribution in [0.5, 0.6) is 0 Å². The molecule has 2 heterocycles. The van der Waals surface area contributed by atoms with Crippen LogP contribution in [0.3, 0.4) is 0 Å². The van der Waals surface area contributed by atoms with Gasteiger partial charge in [-0.2, -0.15) is 0 Å². The average molecular weight is 244 g/mol. The highest BCUT2D eigenvalue weighted by molar-refractivity contribution is 5.80. The van der Waals surface area contributed by atoms with Crippen LogP contribution >= 0.6 is 0 Å². The van der Waals surface area contributed by atoms with Gasteiger partial charge in [0.25, 0.3) is 0 Å². The number of fused-ring (bicyclic) bond motifs is 1. The molecule has 0 radical (unpaired) electrons. The fraction of sp³-hybridized carbons (Fsp3) is 0.357. The van der Waals surface area contributed by atoms with Crippen molar-refractivity contribution in [3.05, 3.63) is 36.0 Å². The van der Waals surface area contributed by atoms with E-state index in [-0.39, 0.29) is 0 Å². The Hall–Kier alpha value is -1.97. The topological polar surface area (TPSA) is 56.3 Å². The highest BCUT2D eigenvalue weighted by Crippen LogP contribution is 2.29. The van der Waals surface area contributed by atoms with Gasteiger partial charge in [0.05, 0.1) is 0 Å². The highest BCUT2D eigenvalue weighted by Gasteiger charge is 2.23. The third-order valence-electron chi connectivity index (χ3n) is 3.82. The number of aromatic amines is 1. The summed E-state index contributed by atoms with van der Waals surface area (Å²) in [5.41, 5.74) is 2.48. The summed E-state index contributed by atoms with van der Waals surface area (Å²) in [6.07, 6.45) is 2.98. The fourth-order valence-electron chi connectivity index (χ4n) is 2.72. The van der Waals surface area contributed by atoms with Gasteiger partial charge in [0.2, 0.25) is 0 Å². The number of hydrogen-bond acceptors (Lipinski definition) is 1. The van der Waals surface area contributed by atoms with Crippen LogP contribution in [0.2, 0.25) is 0 Å². The van der Waals surface area contributed by atoms with E-state index in [2.05, 4.69) is 29.2 Å². The van der Waals surface area contributed by atoms with E-state index in [9.17, 15) is 4.79 Å². The number of carbonyl (C=O) groups is 1. The van der Waals surface area contributed by atoms with Crippen molar-refractivity contribution in [3.63, 3.8) is 0 Å². The number of H-pyrrole nitrogens is 1. The van der Waals surface area contributed by atoms with Crippen LogP contribution in [0, 0.1) is 0 Å². The van der Waals surface area contributed by atoms with Gasteiger partial charge in [-0.1, -0.05) is 12.1 Å². The maximum absolute atomic E-state index is 10.9. The first-order valence-electron chi connectivity index (χ1n) is 6.29. The Bertz CT molecular complexity index is 568. The normalized spacial score (nSPS) is 17.2. The van der Waals surface area contributed by atoms with Crippen molar-refractivity contribution in [2.45, 2.75) is 18.8 Å². The predicted molar refractivity (Wildman–Crippen MR) is 69.9 cm³/mol. The number of piperidine rings is 1. The number of amides is 1. The van der Waals surface area contributed by atoms with Gasteiger partial charge in [-0.3, -0.25) is 0 Å². The van der Waals surface area contributed by atoms with Gasteiger partial charge >= 0.3 is 6.09 Å². The van der Waals surface area contributed by atoms with Crippen LogP contribution in [0.15, 0.2) is 30.5 Å². The monoisotopic (exact) mass is 244 g/mol. The van der Waals surface area contributed by atoms with E-state index in [0.29, 0.717) is 19.0 Å². The molecule has 1 amide bonds. The molecule has 3 rings (SSSR count). The smallest absolute Gasteiger partial charge is 0.407 e. The number of benzene rings is 1. The van der Waals surface area contributed by atoms with E-state index in [1.54, 1.807) is 0 Å². The molecule has 18 heavy (non-hydrogen) atoms. The van der Waals surface area contributed by atoms with Gasteiger partial charge in [-0.05, 0) is 41.8 Å². The van der Waals surface area contributed by atoms with E-state index in [1.807, 2.05) is 6.20 Å². The summed E-state index contributed by atoms with van der Waals surface area (Å²) < 4.78 is 0. The first-order chi connectivity index (χ1) is 8.74. The first-order valence-corrected chi connectivity index (χ1v) is 6.29. The van der Waals surface area contributed by atoms with E-state index in [4.69, 9.17) is 5.11 Å². The predicted octanol–water partition coefficient (Wildman–Crippen LogP) is 3.03. The number of carboxylic acid groups (broad SMARTS) is 1. The Morgan fingerprint density at radius 3 is 2.78 bits per heavy atom. The Balaban J connectivity index is 1.77. The zero-order chi connectivity index (χ0) is 12.5. The molecular weight excluding hydrogens is 228 g/mol. The summed E-state index contributed by atoms with van der Waals surface area (Å²) in [4.78, 5) is 15.6. The van der Waals surface area contributed by atoms with E-state index in [1.165, 1.54) is 15.8 Å². The number of aromatic nitrogens is 1. The van der Waals surface area contributed by atoms with Gasteiger partial charge in [0, 0.05) is 24.8 Å². The molecule has 0 unspecified atom stereocenters. The molecule has 94 valence electrons. The molecule has 0 saturated carbocycles. The number of hydrogen-bond donors (Lipinski definition) is 2. The lowest BCUT2D eigenvalue weighted by atomic mass is 9.89. The van der Waals surface area contributed by atoms with Gasteiger partial charge in [0.1, 0.15) is 0 Å². The van der Waals surface area contributed by atoms with Crippen molar-refractivity contribution < 1.29 is 9.90 Å². The van der Waals surface area contributed by atoms with Crippen LogP contribution in [-0.2, 0) is 0 Å². The van der Waals surface area contributed by atoms with Gasteiger partial charge in [-0.25, -0.2) is 4.79 Å². The Kier molecular flexibility index (Phi) is 2.70. The van der Waals surface area contributed by atoms with Gasteiger partial charge < -0.3 is 15.0 Å². The molecule has 0 bridgehead atoms. The first kappa shape index (κ1) is 11.1. The summed E-state index contributed by atoms with van der Waals surface area (Å²) in [5.74, 6) is 0.480. The minimum Gasteiger partial charge on any atom is -0.465 e. The fourth-order valence-corrected chi connectivity index (χ4v) is 2.72. The SMILES string of the molecule is O=C(O)N1CCC(c2ccc3cc[nH]c3c2)CC1. The second-order valence-electron chi connectivity index (χ2n) is 4.87. The Morgan fingerprint density at radius 2 is 2.06 bits per heavy atom. The van der Waals surface area contributed by atoms with Crippen molar-refractivity contribution in [2.75, 3.05) is 13.1 Å². The molecule has 1 aliphatic heterocycles. The van der Waals surface area contributed by atoms with Crippen molar-refractivity contribution in [1.82, 2.24) is 9.88 Å². The quantitative estimate of drug-likeness (QED) is 0.810. The molecule has 1 saturated heterocycles. The van der Waals surface area contributed by atoms with Gasteiger partial charge in [0.15, 0.2) is 0 Å². The summed E-state index contributed by atoms with van der Waals surface area (Å²) in [5, 5.41) is 10.2. The van der Waals surface area contributed by atoms with E-state index >= 15 is 0 Å². The zero-order valence-corrected chi connectivity index (χ0v) is 10.1. The number of nitrogens with one attached hydrogen (secondary N) is 1. The van der Waals surface area contributed by atoms with E-state index < -0.39 is 6.09 Å². The molecule has 1 aromatic heterocycles. The van der Waals surface area contributed by atoms with Crippen LogP contribution in [0.25, 0.3) is 10.9 Å². The maximum Gasteiger partial charge on any atom is 0.407 e. The van der Waals surface area contributed by atoms with Crippen molar-refractivity contribution >= 4 is 17.0 Å². The molecule has 2 N–H and O–H groups in total. The molecule has 0 aliphatic carbocycles. The molecule has 1 aromatic carbocycles. The van der Waals surface area contributed by atoms with Crippen LogP contribution < -0.4 is 0 Å². The minimum absolute atomic E-state index is 0.480. The molecule has 1 aliphatic rings. The highest BCUT2D eigenvalue weighted by atomic mass is 16.4. The summed E-state index contributed by atoms with van der Waals surface area (Å²) in [7, 11) is 0. The van der Waals surface area contributed by atoms with Crippen molar-refractivity contribution in [1.29, 1.82) is 0 Å². The lowest BCUT2D eigenvalue weighted by Gasteiger charge is -2.30. The second kappa shape index (κ2) is 4.37. The van der Waals surface area contributed by atoms with Crippen molar-refractivity contribution in [2.24, 2.45) is 0 Å². The molecule has 0 atom stereocenters. The molecular formula is C14H16N2O2. The minimum atomic E-state index is -0.798. The lowest BCUT2D eigenvalue weighted by molar-refractivity contribution is 0.132. The largest absolute Gasteiger partial charge is 0.465 e. The summed E-state index contributed by atoms with van der Waals surface area (Å²) in [6, 6.07) is 8.55. The van der Waals surface area contributed by atoms with Crippen LogP contribution in [-0.4, -0.2) is 34.2 Å². The van der Waals surface area contributed by atoms with Crippen molar-refractivity contribution in [3.8, 4) is 0 Å². The third kappa shape index (κ3) is 1.94. The molecule has 0 spiro atoms. The average Bonchev–Trinajstić information content (AvgIpc) is 2.86. The Morgan fingerprint density at radius 1 is 1.28 bits per heavy atom. The Labute approximate surface area is 105 Å². The maximum atomic E-state index is 10.9. The molecule has 4 heteroatoms. The summed E-state index contributed by atoms with van der Waals surface area (Å²) >= 11 is 0. The van der Waals surface area contributed by atoms with Crippen LogP contribution in [0.1, 0.15) is 24.3 Å².